The fourth-order valence-electron chi connectivity index (χ4n) is 3.25. The summed E-state index contributed by atoms with van der Waals surface area (Å²) in [5, 5.41) is 3.50. The molecule has 2 heterocycles. The van der Waals surface area contributed by atoms with Crippen LogP contribution in [-0.2, 0) is 4.79 Å². The maximum Gasteiger partial charge on any atom is 0.264 e. The average molecular weight is 483 g/mol. The molecular weight excluding hydrogens is 464 g/mol. The molecule has 2 aromatic heterocycles. The molecule has 0 aliphatic heterocycles. The summed E-state index contributed by atoms with van der Waals surface area (Å²) in [7, 11) is 0. The highest BCUT2D eigenvalue weighted by Crippen LogP contribution is 2.32. The number of Topliss-reactive ketones (excluding diaryl/α,β-unsaturated/α-hetero) is 1. The Hall–Kier alpha value is -3.49. The van der Waals surface area contributed by atoms with Crippen molar-refractivity contribution in [2.24, 2.45) is 0 Å². The molecule has 0 unspecified atom stereocenters. The number of aryl methyl sites for hydroxylation is 2. The zero-order chi connectivity index (χ0) is 23.7. The van der Waals surface area contributed by atoms with Crippen LogP contribution in [0.15, 0.2) is 51.7 Å². The van der Waals surface area contributed by atoms with Crippen molar-refractivity contribution in [3.63, 3.8) is 0 Å². The lowest BCUT2D eigenvalue weighted by molar-refractivity contribution is -0.118. The summed E-state index contributed by atoms with van der Waals surface area (Å²) in [6.07, 6.45) is 0. The molecule has 0 saturated heterocycles. The quantitative estimate of drug-likeness (QED) is 0.369. The van der Waals surface area contributed by atoms with Gasteiger partial charge < -0.3 is 9.15 Å². The summed E-state index contributed by atoms with van der Waals surface area (Å²) in [5.74, 6) is -0.536. The molecule has 7 nitrogen and oxygen atoms in total. The first-order valence-corrected chi connectivity index (χ1v) is 11.2. The van der Waals surface area contributed by atoms with Crippen molar-refractivity contribution >= 4 is 50.7 Å². The van der Waals surface area contributed by atoms with Crippen LogP contribution in [0.3, 0.4) is 0 Å². The van der Waals surface area contributed by atoms with Crippen LogP contribution in [0.2, 0.25) is 5.02 Å². The van der Waals surface area contributed by atoms with Gasteiger partial charge in [0, 0.05) is 17.5 Å². The number of aromatic nitrogens is 1. The predicted molar refractivity (Wildman–Crippen MR) is 129 cm³/mol. The first-order valence-electron chi connectivity index (χ1n) is 9.97. The number of hydrogen-bond acceptors (Lipinski definition) is 7. The van der Waals surface area contributed by atoms with Crippen LogP contribution in [0, 0.1) is 13.8 Å². The number of carbonyl (C=O) groups is 2. The highest BCUT2D eigenvalue weighted by Gasteiger charge is 2.20. The zero-order valence-corrected chi connectivity index (χ0v) is 19.6. The Morgan fingerprint density at radius 3 is 2.55 bits per heavy atom. The second kappa shape index (κ2) is 9.17. The second-order valence-corrected chi connectivity index (χ2v) is 8.86. The topological polar surface area (TPSA) is 98.5 Å². The van der Waals surface area contributed by atoms with Crippen molar-refractivity contribution in [2.75, 3.05) is 11.9 Å². The molecule has 1 N–H and O–H groups in total. The Morgan fingerprint density at radius 1 is 1.15 bits per heavy atom. The molecule has 1 amide bonds. The number of nitrogens with one attached hydrogen (secondary N) is 1. The van der Waals surface area contributed by atoms with E-state index in [-0.39, 0.29) is 27.8 Å². The molecule has 168 valence electrons. The Labute approximate surface area is 198 Å². The summed E-state index contributed by atoms with van der Waals surface area (Å²) >= 11 is 7.14. The summed E-state index contributed by atoms with van der Waals surface area (Å²) < 4.78 is 11.7. The number of nitrogens with zero attached hydrogens (tertiary/aromatic N) is 1. The van der Waals surface area contributed by atoms with Gasteiger partial charge in [0.2, 0.25) is 11.2 Å². The molecule has 2 aromatic carbocycles. The van der Waals surface area contributed by atoms with Gasteiger partial charge in [-0.2, -0.15) is 0 Å². The van der Waals surface area contributed by atoms with Gasteiger partial charge >= 0.3 is 0 Å². The minimum absolute atomic E-state index is 0.0940. The molecule has 0 saturated carbocycles. The van der Waals surface area contributed by atoms with Crippen LogP contribution in [0.1, 0.15) is 27.9 Å². The van der Waals surface area contributed by atoms with Crippen molar-refractivity contribution in [3.8, 4) is 17.1 Å². The monoisotopic (exact) mass is 482 g/mol. The van der Waals surface area contributed by atoms with Crippen LogP contribution in [0.4, 0.5) is 5.13 Å². The number of rotatable bonds is 6. The lowest BCUT2D eigenvalue weighted by atomic mass is 10.1. The van der Waals surface area contributed by atoms with E-state index in [1.54, 1.807) is 19.1 Å². The van der Waals surface area contributed by atoms with Crippen LogP contribution >= 0.6 is 22.9 Å². The second-order valence-electron chi connectivity index (χ2n) is 7.42. The number of halogens is 1. The van der Waals surface area contributed by atoms with Crippen LogP contribution < -0.4 is 15.5 Å². The van der Waals surface area contributed by atoms with E-state index < -0.39 is 17.9 Å². The Morgan fingerprint density at radius 2 is 1.88 bits per heavy atom. The lowest BCUT2D eigenvalue weighted by Gasteiger charge is -2.12. The lowest BCUT2D eigenvalue weighted by Crippen LogP contribution is -2.22. The van der Waals surface area contributed by atoms with Gasteiger partial charge in [-0.25, -0.2) is 4.98 Å². The number of carbonyl (C=O) groups excluding carboxylic acids is 2. The maximum atomic E-state index is 13.2. The minimum Gasteiger partial charge on any atom is -0.476 e. The van der Waals surface area contributed by atoms with E-state index in [4.69, 9.17) is 20.8 Å². The van der Waals surface area contributed by atoms with Gasteiger partial charge in [-0.3, -0.25) is 19.7 Å². The smallest absolute Gasteiger partial charge is 0.264 e. The standard InChI is InChI=1S/C24H19ClN2O5S/c1-12-4-6-15(7-5-12)21-22(20(30)17-10-16(25)8-9-18(17)32-21)31-11-19(29)27-24-26-13(2)23(33-24)14(3)28/h4-10H,11H2,1-3H3,(H,26,27,29). The number of anilines is 1. The van der Waals surface area contributed by atoms with E-state index in [1.807, 2.05) is 31.2 Å². The van der Waals surface area contributed by atoms with Crippen molar-refractivity contribution < 1.29 is 18.7 Å². The number of amides is 1. The summed E-state index contributed by atoms with van der Waals surface area (Å²) in [6.45, 7) is 4.62. The third-order valence-electron chi connectivity index (χ3n) is 4.83. The molecule has 4 rings (SSSR count). The first kappa shape index (κ1) is 22.7. The van der Waals surface area contributed by atoms with E-state index in [0.717, 1.165) is 16.9 Å². The third-order valence-corrected chi connectivity index (χ3v) is 6.24. The number of benzene rings is 2. The van der Waals surface area contributed by atoms with Crippen LogP contribution in [0.25, 0.3) is 22.3 Å². The van der Waals surface area contributed by atoms with Gasteiger partial charge in [-0.1, -0.05) is 52.8 Å². The average Bonchev–Trinajstić information content (AvgIpc) is 3.14. The Balaban J connectivity index is 1.66. The third kappa shape index (κ3) is 4.81. The summed E-state index contributed by atoms with van der Waals surface area (Å²) in [4.78, 5) is 42.0. The highest BCUT2D eigenvalue weighted by atomic mass is 35.5. The number of ether oxygens (including phenoxy) is 1. The van der Waals surface area contributed by atoms with Crippen LogP contribution in [-0.4, -0.2) is 23.3 Å². The molecule has 0 spiro atoms. The van der Waals surface area contributed by atoms with E-state index >= 15 is 0 Å². The predicted octanol–water partition coefficient (Wildman–Crippen LogP) is 5.41. The first-order chi connectivity index (χ1) is 15.7. The molecule has 33 heavy (non-hydrogen) atoms. The molecule has 0 atom stereocenters. The number of hydrogen-bond donors (Lipinski definition) is 1. The minimum atomic E-state index is -0.528. The van der Waals surface area contributed by atoms with E-state index in [1.165, 1.54) is 13.0 Å². The van der Waals surface area contributed by atoms with Crippen molar-refractivity contribution in [2.45, 2.75) is 20.8 Å². The van der Waals surface area contributed by atoms with Gasteiger partial charge in [0.1, 0.15) is 5.58 Å². The van der Waals surface area contributed by atoms with Gasteiger partial charge in [-0.15, -0.1) is 0 Å². The van der Waals surface area contributed by atoms with Crippen molar-refractivity contribution in [1.29, 1.82) is 0 Å². The molecule has 0 bridgehead atoms. The largest absolute Gasteiger partial charge is 0.476 e. The van der Waals surface area contributed by atoms with E-state index in [2.05, 4.69) is 10.3 Å². The van der Waals surface area contributed by atoms with Gasteiger partial charge in [0.15, 0.2) is 23.3 Å². The molecule has 4 aromatic rings. The maximum absolute atomic E-state index is 13.2. The van der Waals surface area contributed by atoms with E-state index in [0.29, 0.717) is 26.7 Å². The van der Waals surface area contributed by atoms with Crippen LogP contribution in [0.5, 0.6) is 5.75 Å². The fraction of sp³-hybridized carbons (Fsp3) is 0.167. The number of fused-ring (bicyclic) bond motifs is 1. The number of thiazole rings is 1. The highest BCUT2D eigenvalue weighted by molar-refractivity contribution is 7.17. The molecule has 0 aliphatic carbocycles. The van der Waals surface area contributed by atoms with Crippen molar-refractivity contribution in [1.82, 2.24) is 4.98 Å². The van der Waals surface area contributed by atoms with Gasteiger partial charge in [-0.05, 0) is 32.0 Å². The Bertz CT molecular complexity index is 1440. The molecule has 9 heteroatoms. The normalized spacial score (nSPS) is 10.9. The summed E-state index contributed by atoms with van der Waals surface area (Å²) in [5.41, 5.74) is 2.13. The molecule has 0 aliphatic rings. The fourth-order valence-corrected chi connectivity index (χ4v) is 4.30. The Kier molecular flexibility index (Phi) is 6.31. The zero-order valence-electron chi connectivity index (χ0n) is 18.0. The SMILES string of the molecule is CC(=O)c1sc(NC(=O)COc2c(-c3ccc(C)cc3)oc3ccc(Cl)cc3c2=O)nc1C. The molecule has 0 radical (unpaired) electrons. The number of ketones is 1. The summed E-state index contributed by atoms with van der Waals surface area (Å²) in [6, 6.07) is 12.1. The molecular formula is C24H19ClN2O5S. The molecule has 0 fully saturated rings. The van der Waals surface area contributed by atoms with Gasteiger partial charge in [0.05, 0.1) is 16.0 Å². The van der Waals surface area contributed by atoms with Gasteiger partial charge in [0.25, 0.3) is 5.91 Å². The van der Waals surface area contributed by atoms with E-state index in [9.17, 15) is 14.4 Å². The van der Waals surface area contributed by atoms with Crippen molar-refractivity contribution in [3.05, 3.63) is 73.8 Å².